The van der Waals surface area contributed by atoms with Crippen molar-refractivity contribution in [2.24, 2.45) is 0 Å². The normalized spacial score (nSPS) is 14.0. The Morgan fingerprint density at radius 3 is 2.23 bits per heavy atom. The molecular weight excluding hydrogens is 524 g/mol. The molecule has 3 aromatic carbocycles. The third-order valence-corrected chi connectivity index (χ3v) is 6.88. The molecule has 0 bridgehead atoms. The van der Waals surface area contributed by atoms with Gasteiger partial charge in [0.1, 0.15) is 11.5 Å². The van der Waals surface area contributed by atoms with Gasteiger partial charge in [0.05, 0.1) is 0 Å². The highest BCUT2D eigenvalue weighted by molar-refractivity contribution is 6.38. The summed E-state index contributed by atoms with van der Waals surface area (Å²) in [6.07, 6.45) is 18.9. The van der Waals surface area contributed by atoms with Crippen LogP contribution in [0.4, 0.5) is 0 Å². The smallest absolute Gasteiger partial charge is 0.187 e. The summed E-state index contributed by atoms with van der Waals surface area (Å²) in [5.74, 6) is 7.72. The topological polar surface area (TPSA) is 26.3 Å². The lowest BCUT2D eigenvalue weighted by molar-refractivity contribution is -0.109. The molecule has 0 amide bonds. The summed E-state index contributed by atoms with van der Waals surface area (Å²) < 4.78 is 6.17. The van der Waals surface area contributed by atoms with Gasteiger partial charge >= 0.3 is 0 Å². The van der Waals surface area contributed by atoms with Crippen LogP contribution in [0.15, 0.2) is 157 Å². The van der Waals surface area contributed by atoms with E-state index >= 15 is 0 Å². The monoisotopic (exact) mass is 560 g/mol. The minimum absolute atomic E-state index is 0.00833. The molecule has 0 unspecified atom stereocenters. The lowest BCUT2D eigenvalue weighted by atomic mass is 9.91. The molecule has 212 valence electrons. The molecule has 0 atom stereocenters. The Morgan fingerprint density at radius 1 is 0.814 bits per heavy atom. The molecule has 0 aromatic heterocycles. The molecule has 2 heteroatoms. The van der Waals surface area contributed by atoms with Crippen LogP contribution in [0.25, 0.3) is 11.1 Å². The van der Waals surface area contributed by atoms with Crippen molar-refractivity contribution in [2.75, 3.05) is 0 Å². The molecule has 0 aliphatic heterocycles. The first-order valence-electron chi connectivity index (χ1n) is 14.3. The molecule has 43 heavy (non-hydrogen) atoms. The second kappa shape index (κ2) is 15.0. The van der Waals surface area contributed by atoms with Crippen LogP contribution in [-0.4, -0.2) is 5.78 Å². The van der Waals surface area contributed by atoms with Crippen molar-refractivity contribution in [3.63, 3.8) is 0 Å². The predicted octanol–water partition coefficient (Wildman–Crippen LogP) is 9.86. The maximum atomic E-state index is 13.3. The van der Waals surface area contributed by atoms with Crippen LogP contribution in [0.3, 0.4) is 0 Å². The van der Waals surface area contributed by atoms with Gasteiger partial charge in [-0.15, -0.1) is 0 Å². The van der Waals surface area contributed by atoms with Gasteiger partial charge in [0, 0.05) is 22.3 Å². The summed E-state index contributed by atoms with van der Waals surface area (Å²) in [5, 5.41) is 0. The average Bonchev–Trinajstić information content (AvgIpc) is 3.34. The highest BCUT2D eigenvalue weighted by Crippen LogP contribution is 2.39. The number of carbonyl (C=O) groups is 1. The molecule has 0 spiro atoms. The fraction of sp³-hybridized carbons (Fsp3) is 0.0976. The maximum absolute atomic E-state index is 13.3. The van der Waals surface area contributed by atoms with E-state index in [1.165, 1.54) is 11.1 Å². The summed E-state index contributed by atoms with van der Waals surface area (Å²) in [6, 6.07) is 23.9. The molecule has 1 aliphatic carbocycles. The lowest BCUT2D eigenvalue weighted by Crippen LogP contribution is -1.97. The number of ether oxygens (including phenoxy) is 1. The van der Waals surface area contributed by atoms with Crippen LogP contribution in [0.2, 0.25) is 0 Å². The SMILES string of the molecule is C=C/C=C(C#Cc1ccc(OC(/C=C\C)=C/C=CC2=CC(=O)C(c3ccccc3)=C2c2ccc(C)c(C)c2)cc1)\C=C/C. The summed E-state index contributed by atoms with van der Waals surface area (Å²) in [5.41, 5.74) is 8.66. The van der Waals surface area contributed by atoms with E-state index in [0.29, 0.717) is 11.5 Å². The zero-order valence-corrected chi connectivity index (χ0v) is 25.2. The van der Waals surface area contributed by atoms with E-state index in [1.807, 2.05) is 117 Å². The second-order valence-electron chi connectivity index (χ2n) is 10.0. The largest absolute Gasteiger partial charge is 0.457 e. The Labute approximate surface area is 256 Å². The molecule has 0 saturated carbocycles. The number of allylic oxidation sites excluding steroid dienone is 14. The van der Waals surface area contributed by atoms with Crippen molar-refractivity contribution in [2.45, 2.75) is 27.7 Å². The van der Waals surface area contributed by atoms with Gasteiger partial charge in [-0.1, -0.05) is 103 Å². The Bertz CT molecular complexity index is 1770. The van der Waals surface area contributed by atoms with Crippen LogP contribution in [0, 0.1) is 25.7 Å². The zero-order chi connectivity index (χ0) is 30.6. The van der Waals surface area contributed by atoms with Crippen molar-refractivity contribution in [3.8, 4) is 17.6 Å². The zero-order valence-electron chi connectivity index (χ0n) is 25.2. The Balaban J connectivity index is 1.60. The van der Waals surface area contributed by atoms with E-state index in [2.05, 4.69) is 50.5 Å². The van der Waals surface area contributed by atoms with Crippen LogP contribution < -0.4 is 4.74 Å². The third-order valence-electron chi connectivity index (χ3n) is 6.88. The quantitative estimate of drug-likeness (QED) is 0.148. The maximum Gasteiger partial charge on any atom is 0.187 e. The Hall–Kier alpha value is -5.39. The van der Waals surface area contributed by atoms with Gasteiger partial charge in [0.2, 0.25) is 0 Å². The van der Waals surface area contributed by atoms with Crippen molar-refractivity contribution < 1.29 is 9.53 Å². The minimum atomic E-state index is 0.00833. The summed E-state index contributed by atoms with van der Waals surface area (Å²) >= 11 is 0. The standard InChI is InChI=1S/C41H36O2/c1-6-13-32(14-7-2)21-22-33-23-26-38(27-24-33)43-37(15-8-3)19-12-18-35-29-39(42)41(34-16-10-9-11-17-34)40(35)36-25-20-30(4)31(5)28-36/h6-20,23-29H,1H2,2-5H3/b14-7-,15-8-,18-12?,32-13+,37-19+. The van der Waals surface area contributed by atoms with Crippen molar-refractivity contribution in [3.05, 3.63) is 185 Å². The number of ketones is 1. The lowest BCUT2D eigenvalue weighted by Gasteiger charge is -2.12. The van der Waals surface area contributed by atoms with E-state index in [9.17, 15) is 4.79 Å². The summed E-state index contributed by atoms with van der Waals surface area (Å²) in [6.45, 7) is 11.9. The van der Waals surface area contributed by atoms with E-state index in [1.54, 1.807) is 12.2 Å². The fourth-order valence-electron chi connectivity index (χ4n) is 4.65. The molecule has 4 rings (SSSR count). The molecule has 0 saturated heterocycles. The first-order valence-corrected chi connectivity index (χ1v) is 14.3. The van der Waals surface area contributed by atoms with Crippen molar-refractivity contribution in [1.29, 1.82) is 0 Å². The van der Waals surface area contributed by atoms with Gasteiger partial charge < -0.3 is 4.74 Å². The highest BCUT2D eigenvalue weighted by Gasteiger charge is 2.25. The van der Waals surface area contributed by atoms with Crippen molar-refractivity contribution in [1.82, 2.24) is 0 Å². The molecule has 0 fully saturated rings. The summed E-state index contributed by atoms with van der Waals surface area (Å²) in [7, 11) is 0. The third kappa shape index (κ3) is 8.09. The molecule has 2 nitrogen and oxygen atoms in total. The van der Waals surface area contributed by atoms with Gasteiger partial charge in [-0.05, 0) is 104 Å². The number of benzene rings is 3. The first-order chi connectivity index (χ1) is 20.9. The van der Waals surface area contributed by atoms with E-state index < -0.39 is 0 Å². The van der Waals surface area contributed by atoms with Gasteiger partial charge in [-0.2, -0.15) is 0 Å². The van der Waals surface area contributed by atoms with Crippen LogP contribution in [0.5, 0.6) is 5.75 Å². The number of rotatable bonds is 9. The highest BCUT2D eigenvalue weighted by atomic mass is 16.5. The van der Waals surface area contributed by atoms with Gasteiger partial charge in [-0.3, -0.25) is 4.79 Å². The molecule has 0 N–H and O–H groups in total. The summed E-state index contributed by atoms with van der Waals surface area (Å²) in [4.78, 5) is 13.3. The van der Waals surface area contributed by atoms with E-state index in [0.717, 1.165) is 39.0 Å². The average molecular weight is 561 g/mol. The molecular formula is C41H36O2. The van der Waals surface area contributed by atoms with Crippen LogP contribution in [-0.2, 0) is 4.79 Å². The fourth-order valence-corrected chi connectivity index (χ4v) is 4.65. The molecule has 0 radical (unpaired) electrons. The van der Waals surface area contributed by atoms with Crippen LogP contribution >= 0.6 is 0 Å². The molecule has 1 aliphatic rings. The molecule has 3 aromatic rings. The van der Waals surface area contributed by atoms with Crippen LogP contribution in [0.1, 0.15) is 41.7 Å². The first kappa shape index (κ1) is 30.6. The van der Waals surface area contributed by atoms with Gasteiger partial charge in [0.25, 0.3) is 0 Å². The minimum Gasteiger partial charge on any atom is -0.457 e. The van der Waals surface area contributed by atoms with Gasteiger partial charge in [-0.25, -0.2) is 0 Å². The number of carbonyl (C=O) groups excluding carboxylic acids is 1. The van der Waals surface area contributed by atoms with Crippen molar-refractivity contribution >= 4 is 16.9 Å². The Kier molecular flexibility index (Phi) is 10.7. The number of hydrogen-bond donors (Lipinski definition) is 0. The predicted molar refractivity (Wildman–Crippen MR) is 181 cm³/mol. The Morgan fingerprint density at radius 2 is 1.56 bits per heavy atom. The second-order valence-corrected chi connectivity index (χ2v) is 10.0. The number of aryl methyl sites for hydroxylation is 2. The number of hydrogen-bond acceptors (Lipinski definition) is 2. The van der Waals surface area contributed by atoms with E-state index in [4.69, 9.17) is 4.74 Å². The van der Waals surface area contributed by atoms with Gasteiger partial charge in [0.15, 0.2) is 5.78 Å². The molecule has 0 heterocycles. The van der Waals surface area contributed by atoms with E-state index in [-0.39, 0.29) is 5.78 Å².